The molecule has 0 aliphatic rings. The normalized spacial score (nSPS) is 10.4. The number of nitrogens with two attached hydrogens (primary N) is 1. The first-order valence-corrected chi connectivity index (χ1v) is 4.05. The van der Waals surface area contributed by atoms with Gasteiger partial charge in [0.1, 0.15) is 0 Å². The van der Waals surface area contributed by atoms with Crippen LogP contribution in [0.5, 0.6) is 0 Å². The lowest BCUT2D eigenvalue weighted by molar-refractivity contribution is -0.116. The van der Waals surface area contributed by atoms with E-state index >= 15 is 0 Å². The quantitative estimate of drug-likeness (QED) is 0.438. The van der Waals surface area contributed by atoms with E-state index in [-0.39, 0.29) is 5.91 Å². The van der Waals surface area contributed by atoms with Crippen LogP contribution in [-0.2, 0) is 9.53 Å². The van der Waals surface area contributed by atoms with Gasteiger partial charge in [-0.05, 0) is 19.5 Å². The molecule has 70 valence electrons. The first kappa shape index (κ1) is 11.0. The Kier molecular flexibility index (Phi) is 7.38. The third-order valence-electron chi connectivity index (χ3n) is 1.22. The number of hydrogen-bond acceptors (Lipinski definition) is 3. The zero-order chi connectivity index (χ0) is 9.23. The van der Waals surface area contributed by atoms with Crippen molar-refractivity contribution in [1.29, 1.82) is 0 Å². The minimum absolute atomic E-state index is 0.158. The van der Waals surface area contributed by atoms with Gasteiger partial charge < -0.3 is 15.8 Å². The van der Waals surface area contributed by atoms with Crippen LogP contribution in [0.25, 0.3) is 0 Å². The van der Waals surface area contributed by atoms with E-state index in [0.29, 0.717) is 13.2 Å². The average molecular weight is 172 g/mol. The second-order valence-corrected chi connectivity index (χ2v) is 2.20. The highest BCUT2D eigenvalue weighted by molar-refractivity contribution is 5.87. The fourth-order valence-corrected chi connectivity index (χ4v) is 0.676. The van der Waals surface area contributed by atoms with Crippen LogP contribution in [0.15, 0.2) is 12.3 Å². The Morgan fingerprint density at radius 3 is 3.00 bits per heavy atom. The lowest BCUT2D eigenvalue weighted by atomic mass is 10.4. The van der Waals surface area contributed by atoms with Crippen LogP contribution < -0.4 is 11.1 Å². The molecule has 0 unspecified atom stereocenters. The van der Waals surface area contributed by atoms with Gasteiger partial charge in [-0.2, -0.15) is 0 Å². The number of carbonyl (C=O) groups excluding carboxylic acids is 1. The molecule has 0 aliphatic heterocycles. The molecule has 0 spiro atoms. The van der Waals surface area contributed by atoms with Crippen molar-refractivity contribution < 1.29 is 9.53 Å². The SMILES string of the molecule is CCOCCCNC(=O)/C=C\N. The van der Waals surface area contributed by atoms with Gasteiger partial charge in [-0.25, -0.2) is 0 Å². The molecule has 0 aromatic rings. The molecule has 0 radical (unpaired) electrons. The van der Waals surface area contributed by atoms with Crippen molar-refractivity contribution in [3.8, 4) is 0 Å². The summed E-state index contributed by atoms with van der Waals surface area (Å²) in [5, 5.41) is 2.66. The predicted octanol–water partition coefficient (Wildman–Crippen LogP) is 0.00160. The Hall–Kier alpha value is -1.03. The van der Waals surface area contributed by atoms with Crippen molar-refractivity contribution in [3.05, 3.63) is 12.3 Å². The Bertz CT molecular complexity index is 146. The van der Waals surface area contributed by atoms with Crippen molar-refractivity contribution in [2.75, 3.05) is 19.8 Å². The molecule has 0 saturated heterocycles. The highest BCUT2D eigenvalue weighted by Crippen LogP contribution is 1.80. The van der Waals surface area contributed by atoms with Crippen LogP contribution >= 0.6 is 0 Å². The summed E-state index contributed by atoms with van der Waals surface area (Å²) in [7, 11) is 0. The van der Waals surface area contributed by atoms with Gasteiger partial charge in [-0.15, -0.1) is 0 Å². The number of carbonyl (C=O) groups is 1. The van der Waals surface area contributed by atoms with E-state index in [9.17, 15) is 4.79 Å². The van der Waals surface area contributed by atoms with Gasteiger partial charge in [0, 0.05) is 25.8 Å². The molecule has 0 bridgehead atoms. The molecule has 0 aliphatic carbocycles. The van der Waals surface area contributed by atoms with Gasteiger partial charge in [0.05, 0.1) is 0 Å². The van der Waals surface area contributed by atoms with Crippen LogP contribution in [0, 0.1) is 0 Å². The molecule has 0 aromatic heterocycles. The first-order chi connectivity index (χ1) is 5.81. The van der Waals surface area contributed by atoms with E-state index in [1.807, 2.05) is 6.92 Å². The zero-order valence-corrected chi connectivity index (χ0v) is 7.38. The largest absolute Gasteiger partial charge is 0.404 e. The smallest absolute Gasteiger partial charge is 0.245 e. The van der Waals surface area contributed by atoms with E-state index in [0.717, 1.165) is 13.0 Å². The third-order valence-corrected chi connectivity index (χ3v) is 1.22. The van der Waals surface area contributed by atoms with E-state index in [1.165, 1.54) is 12.3 Å². The number of rotatable bonds is 6. The average Bonchev–Trinajstić information content (AvgIpc) is 2.05. The molecular weight excluding hydrogens is 156 g/mol. The van der Waals surface area contributed by atoms with Crippen molar-refractivity contribution >= 4 is 5.91 Å². The Labute approximate surface area is 72.8 Å². The number of hydrogen-bond donors (Lipinski definition) is 2. The van der Waals surface area contributed by atoms with Gasteiger partial charge in [0.15, 0.2) is 0 Å². The number of nitrogens with one attached hydrogen (secondary N) is 1. The summed E-state index contributed by atoms with van der Waals surface area (Å²) < 4.78 is 5.08. The molecule has 3 N–H and O–H groups in total. The molecule has 0 fully saturated rings. The van der Waals surface area contributed by atoms with Crippen molar-refractivity contribution in [2.24, 2.45) is 5.73 Å². The minimum atomic E-state index is -0.158. The minimum Gasteiger partial charge on any atom is -0.404 e. The Morgan fingerprint density at radius 2 is 2.42 bits per heavy atom. The summed E-state index contributed by atoms with van der Waals surface area (Å²) in [5.74, 6) is -0.158. The molecule has 1 amide bonds. The van der Waals surface area contributed by atoms with Gasteiger partial charge in [-0.3, -0.25) is 4.79 Å². The van der Waals surface area contributed by atoms with Crippen LogP contribution in [-0.4, -0.2) is 25.7 Å². The molecule has 4 heteroatoms. The number of amides is 1. The van der Waals surface area contributed by atoms with Crippen LogP contribution in [0.1, 0.15) is 13.3 Å². The van der Waals surface area contributed by atoms with E-state index in [4.69, 9.17) is 10.5 Å². The summed E-state index contributed by atoms with van der Waals surface area (Å²) in [6.07, 6.45) is 3.34. The van der Waals surface area contributed by atoms with E-state index in [1.54, 1.807) is 0 Å². The molecule has 12 heavy (non-hydrogen) atoms. The maximum atomic E-state index is 10.8. The van der Waals surface area contributed by atoms with Crippen LogP contribution in [0.4, 0.5) is 0 Å². The Balaban J connectivity index is 3.14. The number of ether oxygens (including phenoxy) is 1. The van der Waals surface area contributed by atoms with Crippen molar-refractivity contribution in [2.45, 2.75) is 13.3 Å². The highest BCUT2D eigenvalue weighted by Gasteiger charge is 1.92. The van der Waals surface area contributed by atoms with Crippen molar-refractivity contribution in [1.82, 2.24) is 5.32 Å². The van der Waals surface area contributed by atoms with Crippen molar-refractivity contribution in [3.63, 3.8) is 0 Å². The zero-order valence-electron chi connectivity index (χ0n) is 7.38. The summed E-state index contributed by atoms with van der Waals surface area (Å²) in [6, 6.07) is 0. The molecule has 0 atom stereocenters. The second kappa shape index (κ2) is 8.07. The van der Waals surface area contributed by atoms with Crippen LogP contribution in [0.2, 0.25) is 0 Å². The third kappa shape index (κ3) is 7.08. The first-order valence-electron chi connectivity index (χ1n) is 4.05. The topological polar surface area (TPSA) is 64.3 Å². The summed E-state index contributed by atoms with van der Waals surface area (Å²) in [6.45, 7) is 3.97. The lowest BCUT2D eigenvalue weighted by Crippen LogP contribution is -2.23. The van der Waals surface area contributed by atoms with E-state index in [2.05, 4.69) is 5.32 Å². The van der Waals surface area contributed by atoms with Gasteiger partial charge in [0.2, 0.25) is 5.91 Å². The van der Waals surface area contributed by atoms with Gasteiger partial charge in [0.25, 0.3) is 0 Å². The predicted molar refractivity (Wildman–Crippen MR) is 47.4 cm³/mol. The van der Waals surface area contributed by atoms with Gasteiger partial charge >= 0.3 is 0 Å². The molecule has 4 nitrogen and oxygen atoms in total. The summed E-state index contributed by atoms with van der Waals surface area (Å²) in [5.41, 5.74) is 5.02. The molecule has 0 rings (SSSR count). The lowest BCUT2D eigenvalue weighted by Gasteiger charge is -2.01. The highest BCUT2D eigenvalue weighted by atomic mass is 16.5. The Morgan fingerprint density at radius 1 is 1.67 bits per heavy atom. The van der Waals surface area contributed by atoms with Crippen LogP contribution in [0.3, 0.4) is 0 Å². The fraction of sp³-hybridized carbons (Fsp3) is 0.625. The fourth-order valence-electron chi connectivity index (χ4n) is 0.676. The molecule has 0 heterocycles. The molecule has 0 saturated carbocycles. The second-order valence-electron chi connectivity index (χ2n) is 2.20. The van der Waals surface area contributed by atoms with Gasteiger partial charge in [-0.1, -0.05) is 0 Å². The maximum absolute atomic E-state index is 10.8. The standard InChI is InChI=1S/C8H16N2O2/c1-2-12-7-3-6-10-8(11)4-5-9/h4-5H,2-3,6-7,9H2,1H3,(H,10,11)/b5-4-. The summed E-state index contributed by atoms with van der Waals surface area (Å²) in [4.78, 5) is 10.8. The summed E-state index contributed by atoms with van der Waals surface area (Å²) >= 11 is 0. The monoisotopic (exact) mass is 172 g/mol. The van der Waals surface area contributed by atoms with E-state index < -0.39 is 0 Å². The molecular formula is C8H16N2O2. The molecule has 0 aromatic carbocycles. The maximum Gasteiger partial charge on any atom is 0.245 e.